The van der Waals surface area contributed by atoms with E-state index < -0.39 is 0 Å². The number of pyridine rings is 2. The van der Waals surface area contributed by atoms with Crippen LogP contribution >= 0.6 is 11.6 Å². The van der Waals surface area contributed by atoms with E-state index in [1.807, 2.05) is 18.2 Å². The molecule has 0 spiro atoms. The van der Waals surface area contributed by atoms with Gasteiger partial charge in [-0.3, -0.25) is 9.78 Å². The summed E-state index contributed by atoms with van der Waals surface area (Å²) in [5.41, 5.74) is 6.51. The molecule has 0 fully saturated rings. The molecule has 2 rings (SSSR count). The Hall–Kier alpha value is -2.14. The lowest BCUT2D eigenvalue weighted by molar-refractivity contribution is 0.0778. The standard InChI is InChI=1S/C13H13ClN4O/c1-18(8-9-4-2-3-7-16-9)13(19)12-10(14)5-6-11(15)17-12/h2-7H,8H2,1H3,(H2,15,17). The molecule has 0 bridgehead atoms. The predicted octanol–water partition coefficient (Wildman–Crippen LogP) is 1.98. The highest BCUT2D eigenvalue weighted by atomic mass is 35.5. The molecule has 2 N–H and O–H groups in total. The number of aromatic nitrogens is 2. The summed E-state index contributed by atoms with van der Waals surface area (Å²) in [4.78, 5) is 21.8. The van der Waals surface area contributed by atoms with E-state index in [1.54, 1.807) is 25.4 Å². The Morgan fingerprint density at radius 2 is 2.16 bits per heavy atom. The number of nitrogens with zero attached hydrogens (tertiary/aromatic N) is 3. The summed E-state index contributed by atoms with van der Waals surface area (Å²) in [7, 11) is 1.66. The Morgan fingerprint density at radius 1 is 1.37 bits per heavy atom. The fourth-order valence-corrected chi connectivity index (χ4v) is 1.78. The first-order valence-electron chi connectivity index (χ1n) is 5.65. The second kappa shape index (κ2) is 5.67. The van der Waals surface area contributed by atoms with E-state index in [4.69, 9.17) is 17.3 Å². The number of rotatable bonds is 3. The molecular formula is C13H13ClN4O. The van der Waals surface area contributed by atoms with Gasteiger partial charge in [0.2, 0.25) is 0 Å². The van der Waals surface area contributed by atoms with E-state index >= 15 is 0 Å². The van der Waals surface area contributed by atoms with Crippen molar-refractivity contribution in [1.82, 2.24) is 14.9 Å². The van der Waals surface area contributed by atoms with Gasteiger partial charge in [0.1, 0.15) is 11.5 Å². The molecule has 2 aromatic rings. The Bertz CT molecular complexity index is 588. The third-order valence-electron chi connectivity index (χ3n) is 2.54. The number of anilines is 1. The molecule has 2 heterocycles. The van der Waals surface area contributed by atoms with Gasteiger partial charge in [-0.05, 0) is 24.3 Å². The SMILES string of the molecule is CN(Cc1ccccn1)C(=O)c1nc(N)ccc1Cl. The van der Waals surface area contributed by atoms with Gasteiger partial charge in [0, 0.05) is 13.2 Å². The summed E-state index contributed by atoms with van der Waals surface area (Å²) in [5.74, 6) is -0.0260. The number of nitrogens with two attached hydrogens (primary N) is 1. The molecule has 1 amide bonds. The van der Waals surface area contributed by atoms with Gasteiger partial charge in [0.25, 0.3) is 5.91 Å². The lowest BCUT2D eigenvalue weighted by Crippen LogP contribution is -2.27. The summed E-state index contributed by atoms with van der Waals surface area (Å²) >= 11 is 5.96. The molecule has 0 aliphatic heterocycles. The first-order chi connectivity index (χ1) is 9.08. The van der Waals surface area contributed by atoms with Gasteiger partial charge in [0.15, 0.2) is 0 Å². The highest BCUT2D eigenvalue weighted by molar-refractivity contribution is 6.33. The van der Waals surface area contributed by atoms with Gasteiger partial charge in [-0.2, -0.15) is 0 Å². The molecule has 2 aromatic heterocycles. The fourth-order valence-electron chi connectivity index (χ4n) is 1.59. The fraction of sp³-hybridized carbons (Fsp3) is 0.154. The number of carbonyl (C=O) groups excluding carboxylic acids is 1. The van der Waals surface area contributed by atoms with Crippen LogP contribution < -0.4 is 5.73 Å². The van der Waals surface area contributed by atoms with E-state index in [9.17, 15) is 4.79 Å². The first-order valence-corrected chi connectivity index (χ1v) is 6.03. The van der Waals surface area contributed by atoms with Gasteiger partial charge >= 0.3 is 0 Å². The van der Waals surface area contributed by atoms with Crippen LogP contribution in [0.2, 0.25) is 5.02 Å². The molecule has 5 nitrogen and oxygen atoms in total. The quantitative estimate of drug-likeness (QED) is 0.930. The first kappa shape index (κ1) is 13.3. The highest BCUT2D eigenvalue weighted by Crippen LogP contribution is 2.17. The normalized spacial score (nSPS) is 10.2. The van der Waals surface area contributed by atoms with Crippen LogP contribution in [0, 0.1) is 0 Å². The highest BCUT2D eigenvalue weighted by Gasteiger charge is 2.17. The van der Waals surface area contributed by atoms with Crippen molar-refractivity contribution in [2.24, 2.45) is 0 Å². The van der Waals surface area contributed by atoms with E-state index in [2.05, 4.69) is 9.97 Å². The summed E-state index contributed by atoms with van der Waals surface area (Å²) in [6.45, 7) is 0.381. The van der Waals surface area contributed by atoms with E-state index in [-0.39, 0.29) is 22.4 Å². The van der Waals surface area contributed by atoms with E-state index in [0.29, 0.717) is 6.54 Å². The summed E-state index contributed by atoms with van der Waals surface area (Å²) in [6.07, 6.45) is 1.68. The molecule has 0 aliphatic rings. The molecule has 0 saturated heterocycles. The topological polar surface area (TPSA) is 72.1 Å². The number of amides is 1. The van der Waals surface area contributed by atoms with Crippen LogP contribution in [0.25, 0.3) is 0 Å². The van der Waals surface area contributed by atoms with Crippen molar-refractivity contribution >= 4 is 23.3 Å². The minimum Gasteiger partial charge on any atom is -0.384 e. The lowest BCUT2D eigenvalue weighted by atomic mass is 10.3. The van der Waals surface area contributed by atoms with Crippen LogP contribution in [0.4, 0.5) is 5.82 Å². The van der Waals surface area contributed by atoms with Crippen LogP contribution in [0.3, 0.4) is 0 Å². The van der Waals surface area contributed by atoms with Crippen molar-refractivity contribution in [2.75, 3.05) is 12.8 Å². The molecule has 98 valence electrons. The van der Waals surface area contributed by atoms with Crippen LogP contribution in [-0.2, 0) is 6.54 Å². The Kier molecular flexibility index (Phi) is 3.97. The molecule has 0 radical (unpaired) electrons. The van der Waals surface area contributed by atoms with Crippen LogP contribution in [0.15, 0.2) is 36.5 Å². The molecular weight excluding hydrogens is 264 g/mol. The molecule has 6 heteroatoms. The average Bonchev–Trinajstić information content (AvgIpc) is 2.42. The van der Waals surface area contributed by atoms with E-state index in [1.165, 1.54) is 4.90 Å². The van der Waals surface area contributed by atoms with Crippen molar-refractivity contribution < 1.29 is 4.79 Å². The maximum absolute atomic E-state index is 12.2. The zero-order valence-electron chi connectivity index (χ0n) is 10.4. The van der Waals surface area contributed by atoms with Crippen molar-refractivity contribution in [3.63, 3.8) is 0 Å². The molecule has 0 saturated carbocycles. The number of nitrogen functional groups attached to an aromatic ring is 1. The second-order valence-corrected chi connectivity index (χ2v) is 4.46. The predicted molar refractivity (Wildman–Crippen MR) is 73.7 cm³/mol. The number of hydrogen-bond acceptors (Lipinski definition) is 4. The number of hydrogen-bond donors (Lipinski definition) is 1. The summed E-state index contributed by atoms with van der Waals surface area (Å²) in [6, 6.07) is 8.65. The Morgan fingerprint density at radius 3 is 2.84 bits per heavy atom. The van der Waals surface area contributed by atoms with Gasteiger partial charge < -0.3 is 10.6 Å². The zero-order chi connectivity index (χ0) is 13.8. The third kappa shape index (κ3) is 3.20. The summed E-state index contributed by atoms with van der Waals surface area (Å²) in [5, 5.41) is 0.284. The van der Waals surface area contributed by atoms with Gasteiger partial charge in [-0.25, -0.2) is 4.98 Å². The minimum absolute atomic E-state index is 0.153. The van der Waals surface area contributed by atoms with Gasteiger partial charge in [-0.1, -0.05) is 17.7 Å². The Balaban J connectivity index is 2.17. The monoisotopic (exact) mass is 276 g/mol. The maximum atomic E-state index is 12.2. The zero-order valence-corrected chi connectivity index (χ0v) is 11.1. The molecule has 0 aromatic carbocycles. The van der Waals surface area contributed by atoms with Gasteiger partial charge in [-0.15, -0.1) is 0 Å². The largest absolute Gasteiger partial charge is 0.384 e. The minimum atomic E-state index is -0.289. The average molecular weight is 277 g/mol. The molecule has 0 atom stereocenters. The number of halogens is 1. The third-order valence-corrected chi connectivity index (χ3v) is 2.85. The smallest absolute Gasteiger partial charge is 0.274 e. The lowest BCUT2D eigenvalue weighted by Gasteiger charge is -2.16. The Labute approximate surface area is 116 Å². The van der Waals surface area contributed by atoms with Gasteiger partial charge in [0.05, 0.1) is 17.3 Å². The molecule has 19 heavy (non-hydrogen) atoms. The van der Waals surface area contributed by atoms with Crippen LogP contribution in [0.5, 0.6) is 0 Å². The molecule has 0 aliphatic carbocycles. The summed E-state index contributed by atoms with van der Waals surface area (Å²) < 4.78 is 0. The van der Waals surface area contributed by atoms with Crippen LogP contribution in [-0.4, -0.2) is 27.8 Å². The van der Waals surface area contributed by atoms with Crippen molar-refractivity contribution in [1.29, 1.82) is 0 Å². The number of carbonyl (C=O) groups is 1. The van der Waals surface area contributed by atoms with Crippen molar-refractivity contribution in [3.05, 3.63) is 52.9 Å². The van der Waals surface area contributed by atoms with Crippen molar-refractivity contribution in [3.8, 4) is 0 Å². The molecule has 0 unspecified atom stereocenters. The van der Waals surface area contributed by atoms with Crippen LogP contribution in [0.1, 0.15) is 16.2 Å². The van der Waals surface area contributed by atoms with E-state index in [0.717, 1.165) is 5.69 Å². The maximum Gasteiger partial charge on any atom is 0.274 e. The second-order valence-electron chi connectivity index (χ2n) is 4.05. The van der Waals surface area contributed by atoms with Crippen molar-refractivity contribution in [2.45, 2.75) is 6.54 Å².